The number of nitrogens with two attached hydrogens (primary N) is 1. The highest BCUT2D eigenvalue weighted by Gasteiger charge is 2.18. The van der Waals surface area contributed by atoms with Crippen molar-refractivity contribution in [2.75, 3.05) is 0 Å². The van der Waals surface area contributed by atoms with Crippen molar-refractivity contribution in [3.05, 3.63) is 42.2 Å². The summed E-state index contributed by atoms with van der Waals surface area (Å²) in [7, 11) is 0. The number of thiophene rings is 2. The highest BCUT2D eigenvalue weighted by molar-refractivity contribution is 9.10. The number of hydrogen-bond acceptors (Lipinski definition) is 3. The minimum atomic E-state index is 0.149. The van der Waals surface area contributed by atoms with Crippen LogP contribution in [0.25, 0.3) is 0 Å². The van der Waals surface area contributed by atoms with Gasteiger partial charge in [0, 0.05) is 31.6 Å². The van der Waals surface area contributed by atoms with Crippen molar-refractivity contribution < 1.29 is 0 Å². The Morgan fingerprint density at radius 2 is 2.17 bits per heavy atom. The average molecular weight is 342 g/mol. The third-order valence-corrected chi connectivity index (χ3v) is 6.80. The van der Waals surface area contributed by atoms with E-state index in [-0.39, 0.29) is 6.04 Å². The predicted octanol–water partition coefficient (Wildman–Crippen LogP) is 4.69. The van der Waals surface area contributed by atoms with Gasteiger partial charge in [-0.05, 0) is 64.7 Å². The van der Waals surface area contributed by atoms with Crippen molar-refractivity contribution >= 4 is 38.6 Å². The van der Waals surface area contributed by atoms with Gasteiger partial charge in [0.25, 0.3) is 0 Å². The van der Waals surface area contributed by atoms with Crippen molar-refractivity contribution in [1.82, 2.24) is 0 Å². The maximum Gasteiger partial charge on any atom is 0.0439 e. The Labute approximate surface area is 124 Å². The van der Waals surface area contributed by atoms with E-state index >= 15 is 0 Å². The summed E-state index contributed by atoms with van der Waals surface area (Å²) in [5.74, 6) is 0. The van der Waals surface area contributed by atoms with Crippen LogP contribution in [0.3, 0.4) is 0 Å². The molecule has 1 unspecified atom stereocenters. The molecule has 1 aliphatic carbocycles. The standard InChI is InChI=1S/C14H16BrNS2/c15-10-5-6-17-13(10)8-11(16)14-7-9-3-1-2-4-12(9)18-14/h5-7,11H,1-4,8,16H2. The lowest BCUT2D eigenvalue weighted by Crippen LogP contribution is -2.11. The topological polar surface area (TPSA) is 26.0 Å². The van der Waals surface area contributed by atoms with Gasteiger partial charge in [0.05, 0.1) is 0 Å². The van der Waals surface area contributed by atoms with E-state index < -0.39 is 0 Å². The molecule has 96 valence electrons. The number of fused-ring (bicyclic) bond motifs is 1. The van der Waals surface area contributed by atoms with E-state index in [0.29, 0.717) is 0 Å². The first-order chi connectivity index (χ1) is 8.74. The van der Waals surface area contributed by atoms with Gasteiger partial charge in [0.1, 0.15) is 0 Å². The molecule has 1 aliphatic rings. The molecule has 0 spiro atoms. The summed E-state index contributed by atoms with van der Waals surface area (Å²) in [4.78, 5) is 4.30. The second-order valence-corrected chi connectivity index (χ2v) is 7.83. The van der Waals surface area contributed by atoms with Crippen LogP contribution < -0.4 is 5.73 Å². The third-order valence-electron chi connectivity index (χ3n) is 3.48. The summed E-state index contributed by atoms with van der Waals surface area (Å²) in [5.41, 5.74) is 7.92. The Balaban J connectivity index is 1.78. The Morgan fingerprint density at radius 3 is 2.89 bits per heavy atom. The molecule has 0 aromatic carbocycles. The number of rotatable bonds is 3. The highest BCUT2D eigenvalue weighted by atomic mass is 79.9. The summed E-state index contributed by atoms with van der Waals surface area (Å²) in [6.07, 6.45) is 6.14. The molecular weight excluding hydrogens is 326 g/mol. The van der Waals surface area contributed by atoms with Crippen LogP contribution in [0, 0.1) is 0 Å². The van der Waals surface area contributed by atoms with E-state index in [4.69, 9.17) is 5.73 Å². The molecule has 0 radical (unpaired) electrons. The highest BCUT2D eigenvalue weighted by Crippen LogP contribution is 2.34. The zero-order chi connectivity index (χ0) is 12.5. The predicted molar refractivity (Wildman–Crippen MR) is 83.6 cm³/mol. The first kappa shape index (κ1) is 12.9. The molecular formula is C14H16BrNS2. The van der Waals surface area contributed by atoms with Gasteiger partial charge in [0.2, 0.25) is 0 Å². The Kier molecular flexibility index (Phi) is 3.89. The van der Waals surface area contributed by atoms with E-state index in [1.165, 1.54) is 39.9 Å². The molecule has 2 aromatic heterocycles. The van der Waals surface area contributed by atoms with Gasteiger partial charge in [-0.25, -0.2) is 0 Å². The van der Waals surface area contributed by atoms with Crippen LogP contribution in [0.5, 0.6) is 0 Å². The minimum absolute atomic E-state index is 0.149. The maximum atomic E-state index is 6.36. The monoisotopic (exact) mass is 341 g/mol. The first-order valence-electron chi connectivity index (χ1n) is 6.33. The zero-order valence-electron chi connectivity index (χ0n) is 10.1. The molecule has 0 fully saturated rings. The van der Waals surface area contributed by atoms with Crippen LogP contribution in [0.1, 0.15) is 39.1 Å². The van der Waals surface area contributed by atoms with Crippen LogP contribution in [0.15, 0.2) is 22.0 Å². The fourth-order valence-corrected chi connectivity index (χ4v) is 5.30. The van der Waals surface area contributed by atoms with Gasteiger partial charge in [0.15, 0.2) is 0 Å². The molecule has 1 nitrogen and oxygen atoms in total. The maximum absolute atomic E-state index is 6.36. The molecule has 0 saturated heterocycles. The normalized spacial score (nSPS) is 16.6. The first-order valence-corrected chi connectivity index (χ1v) is 8.82. The lowest BCUT2D eigenvalue weighted by atomic mass is 9.98. The van der Waals surface area contributed by atoms with Crippen molar-refractivity contribution in [2.24, 2.45) is 5.73 Å². The molecule has 4 heteroatoms. The fourth-order valence-electron chi connectivity index (χ4n) is 2.47. The lowest BCUT2D eigenvalue weighted by molar-refractivity contribution is 0.695. The molecule has 0 bridgehead atoms. The van der Waals surface area contributed by atoms with Crippen molar-refractivity contribution in [1.29, 1.82) is 0 Å². The Morgan fingerprint density at radius 1 is 1.33 bits per heavy atom. The van der Waals surface area contributed by atoms with Crippen LogP contribution in [0.2, 0.25) is 0 Å². The smallest absolute Gasteiger partial charge is 0.0439 e. The summed E-state index contributed by atoms with van der Waals surface area (Å²) in [6.45, 7) is 0. The Bertz CT molecular complexity index is 520. The SMILES string of the molecule is NC(Cc1sccc1Br)c1cc2c(s1)CCCC2. The van der Waals surface area contributed by atoms with Crippen LogP contribution in [-0.4, -0.2) is 0 Å². The summed E-state index contributed by atoms with van der Waals surface area (Å²) >= 11 is 7.30. The van der Waals surface area contributed by atoms with Gasteiger partial charge in [-0.15, -0.1) is 22.7 Å². The van der Waals surface area contributed by atoms with E-state index in [2.05, 4.69) is 33.4 Å². The molecule has 0 amide bonds. The summed E-state index contributed by atoms with van der Waals surface area (Å²) in [6, 6.07) is 4.60. The summed E-state index contributed by atoms with van der Waals surface area (Å²) < 4.78 is 1.20. The number of halogens is 1. The second-order valence-electron chi connectivity index (χ2n) is 4.81. The van der Waals surface area contributed by atoms with Gasteiger partial charge < -0.3 is 5.73 Å². The third kappa shape index (κ3) is 2.57. The van der Waals surface area contributed by atoms with Crippen LogP contribution in [-0.2, 0) is 19.3 Å². The van der Waals surface area contributed by atoms with E-state index in [0.717, 1.165) is 6.42 Å². The quantitative estimate of drug-likeness (QED) is 0.860. The molecule has 0 saturated carbocycles. The van der Waals surface area contributed by atoms with Crippen LogP contribution >= 0.6 is 38.6 Å². The molecule has 1 atom stereocenters. The van der Waals surface area contributed by atoms with Crippen molar-refractivity contribution in [3.63, 3.8) is 0 Å². The van der Waals surface area contributed by atoms with Crippen LogP contribution in [0.4, 0.5) is 0 Å². The van der Waals surface area contributed by atoms with Gasteiger partial charge in [-0.1, -0.05) is 0 Å². The molecule has 18 heavy (non-hydrogen) atoms. The fraction of sp³-hybridized carbons (Fsp3) is 0.429. The summed E-state index contributed by atoms with van der Waals surface area (Å²) in [5, 5.41) is 2.12. The number of aryl methyl sites for hydroxylation is 2. The molecule has 2 aromatic rings. The number of hydrogen-bond donors (Lipinski definition) is 1. The zero-order valence-corrected chi connectivity index (χ0v) is 13.3. The van der Waals surface area contributed by atoms with Gasteiger partial charge >= 0.3 is 0 Å². The molecule has 3 rings (SSSR count). The van der Waals surface area contributed by atoms with E-state index in [1.807, 2.05) is 11.3 Å². The lowest BCUT2D eigenvalue weighted by Gasteiger charge is -2.08. The second kappa shape index (κ2) is 5.45. The largest absolute Gasteiger partial charge is 0.323 e. The van der Waals surface area contributed by atoms with Gasteiger partial charge in [-0.3, -0.25) is 0 Å². The van der Waals surface area contributed by atoms with E-state index in [1.54, 1.807) is 21.8 Å². The van der Waals surface area contributed by atoms with Crippen molar-refractivity contribution in [2.45, 2.75) is 38.1 Å². The van der Waals surface area contributed by atoms with Gasteiger partial charge in [-0.2, -0.15) is 0 Å². The molecule has 2 N–H and O–H groups in total. The Hall–Kier alpha value is -0.160. The average Bonchev–Trinajstić information content (AvgIpc) is 2.96. The van der Waals surface area contributed by atoms with Crippen molar-refractivity contribution in [3.8, 4) is 0 Å². The minimum Gasteiger partial charge on any atom is -0.323 e. The molecule has 0 aliphatic heterocycles. The molecule has 2 heterocycles. The van der Waals surface area contributed by atoms with E-state index in [9.17, 15) is 0 Å².